The van der Waals surface area contributed by atoms with E-state index in [9.17, 15) is 4.79 Å². The van der Waals surface area contributed by atoms with E-state index in [0.717, 1.165) is 16.5 Å². The predicted octanol–water partition coefficient (Wildman–Crippen LogP) is 4.53. The highest BCUT2D eigenvalue weighted by molar-refractivity contribution is 7.99. The molecule has 1 aromatic heterocycles. The second-order valence-corrected chi connectivity index (χ2v) is 8.20. The van der Waals surface area contributed by atoms with Crippen molar-refractivity contribution in [1.82, 2.24) is 20.1 Å². The quantitative estimate of drug-likeness (QED) is 0.450. The number of hydrogen-bond acceptors (Lipinski definition) is 4. The minimum Gasteiger partial charge on any atom is -0.349 e. The molecular weight excluding hydrogens is 392 g/mol. The summed E-state index contributed by atoms with van der Waals surface area (Å²) in [6, 6.07) is 24.6. The Bertz CT molecular complexity index is 1150. The molecule has 1 N–H and O–H groups in total. The third-order valence-electron chi connectivity index (χ3n) is 5.16. The number of carbonyl (C=O) groups excluding carboxylic acids is 1. The summed E-state index contributed by atoms with van der Waals surface area (Å²) in [6.45, 7) is 1.99. The van der Waals surface area contributed by atoms with E-state index < -0.39 is 0 Å². The number of thioether (sulfide) groups is 1. The number of rotatable bonds is 7. The van der Waals surface area contributed by atoms with Crippen LogP contribution in [0.4, 0.5) is 0 Å². The molecule has 30 heavy (non-hydrogen) atoms. The maximum Gasteiger partial charge on any atom is 0.230 e. The fourth-order valence-electron chi connectivity index (χ4n) is 3.48. The summed E-state index contributed by atoms with van der Waals surface area (Å²) in [6.07, 6.45) is 0.697. The Morgan fingerprint density at radius 2 is 1.73 bits per heavy atom. The lowest BCUT2D eigenvalue weighted by molar-refractivity contribution is -0.119. The SMILES string of the molecule is C[C@@H](NC(=O)CSc1nnc(Cc2cccc3ccccc23)n1C)c1ccccc1. The van der Waals surface area contributed by atoms with Gasteiger partial charge in [0, 0.05) is 13.5 Å². The van der Waals surface area contributed by atoms with Gasteiger partial charge >= 0.3 is 0 Å². The molecule has 6 heteroatoms. The number of aromatic nitrogens is 3. The molecule has 0 fully saturated rings. The number of carbonyl (C=O) groups is 1. The van der Waals surface area contributed by atoms with Gasteiger partial charge in [-0.2, -0.15) is 0 Å². The minimum absolute atomic E-state index is 0.0186. The predicted molar refractivity (Wildman–Crippen MR) is 121 cm³/mol. The lowest BCUT2D eigenvalue weighted by Gasteiger charge is -2.14. The molecule has 0 unspecified atom stereocenters. The molecule has 1 amide bonds. The van der Waals surface area contributed by atoms with Gasteiger partial charge in [0.25, 0.3) is 0 Å². The summed E-state index contributed by atoms with van der Waals surface area (Å²) in [7, 11) is 1.95. The first kappa shape index (κ1) is 20.2. The van der Waals surface area contributed by atoms with E-state index in [-0.39, 0.29) is 11.9 Å². The number of nitrogens with zero attached hydrogens (tertiary/aromatic N) is 3. The molecule has 0 aliphatic carbocycles. The van der Waals surface area contributed by atoms with E-state index in [1.807, 2.05) is 54.9 Å². The molecule has 0 radical (unpaired) electrons. The smallest absolute Gasteiger partial charge is 0.230 e. The first-order valence-corrected chi connectivity index (χ1v) is 10.9. The van der Waals surface area contributed by atoms with Gasteiger partial charge in [-0.1, -0.05) is 84.6 Å². The zero-order valence-corrected chi connectivity index (χ0v) is 17.9. The molecule has 5 nitrogen and oxygen atoms in total. The van der Waals surface area contributed by atoms with Crippen molar-refractivity contribution in [2.24, 2.45) is 7.05 Å². The molecule has 0 saturated carbocycles. The fourth-order valence-corrected chi connectivity index (χ4v) is 4.22. The second kappa shape index (κ2) is 9.13. The number of fused-ring (bicyclic) bond motifs is 1. The summed E-state index contributed by atoms with van der Waals surface area (Å²) >= 11 is 1.40. The number of amides is 1. The maximum atomic E-state index is 12.4. The molecule has 1 atom stereocenters. The van der Waals surface area contributed by atoms with Crippen LogP contribution in [0.5, 0.6) is 0 Å². The van der Waals surface area contributed by atoms with Crippen LogP contribution in [-0.2, 0) is 18.3 Å². The van der Waals surface area contributed by atoms with Crippen molar-refractivity contribution in [2.45, 2.75) is 24.5 Å². The third kappa shape index (κ3) is 4.54. The van der Waals surface area contributed by atoms with Gasteiger partial charge in [-0.3, -0.25) is 4.79 Å². The monoisotopic (exact) mass is 416 g/mol. The van der Waals surface area contributed by atoms with E-state index in [4.69, 9.17) is 0 Å². The van der Waals surface area contributed by atoms with Gasteiger partial charge in [0.2, 0.25) is 5.91 Å². The molecule has 152 valence electrons. The molecule has 0 bridgehead atoms. The van der Waals surface area contributed by atoms with Crippen LogP contribution in [0.25, 0.3) is 10.8 Å². The summed E-state index contributed by atoms with van der Waals surface area (Å²) in [5.74, 6) is 1.17. The topological polar surface area (TPSA) is 59.8 Å². The van der Waals surface area contributed by atoms with Crippen molar-refractivity contribution in [3.63, 3.8) is 0 Å². The van der Waals surface area contributed by atoms with Gasteiger partial charge in [0.1, 0.15) is 5.82 Å². The highest BCUT2D eigenvalue weighted by Gasteiger charge is 2.14. The van der Waals surface area contributed by atoms with Crippen molar-refractivity contribution >= 4 is 28.4 Å². The lowest BCUT2D eigenvalue weighted by atomic mass is 10.0. The molecule has 0 aliphatic heterocycles. The number of nitrogens with one attached hydrogen (secondary N) is 1. The van der Waals surface area contributed by atoms with Crippen LogP contribution in [0.3, 0.4) is 0 Å². The highest BCUT2D eigenvalue weighted by atomic mass is 32.2. The first-order chi connectivity index (χ1) is 14.6. The zero-order chi connectivity index (χ0) is 20.9. The van der Waals surface area contributed by atoms with Gasteiger partial charge in [0.15, 0.2) is 5.16 Å². The lowest BCUT2D eigenvalue weighted by Crippen LogP contribution is -2.28. The average molecular weight is 417 g/mol. The fraction of sp³-hybridized carbons (Fsp3) is 0.208. The number of hydrogen-bond donors (Lipinski definition) is 1. The largest absolute Gasteiger partial charge is 0.349 e. The highest BCUT2D eigenvalue weighted by Crippen LogP contribution is 2.22. The molecule has 1 heterocycles. The van der Waals surface area contributed by atoms with E-state index in [2.05, 4.69) is 51.9 Å². The van der Waals surface area contributed by atoms with Crippen molar-refractivity contribution in [1.29, 1.82) is 0 Å². The van der Waals surface area contributed by atoms with Gasteiger partial charge in [-0.25, -0.2) is 0 Å². The minimum atomic E-state index is -0.0271. The first-order valence-electron chi connectivity index (χ1n) is 9.94. The van der Waals surface area contributed by atoms with Crippen molar-refractivity contribution < 1.29 is 4.79 Å². The van der Waals surface area contributed by atoms with Crippen LogP contribution >= 0.6 is 11.8 Å². The summed E-state index contributed by atoms with van der Waals surface area (Å²) in [4.78, 5) is 12.4. The van der Waals surface area contributed by atoms with Crippen molar-refractivity contribution in [2.75, 3.05) is 5.75 Å². The maximum absolute atomic E-state index is 12.4. The van der Waals surface area contributed by atoms with E-state index in [1.165, 1.54) is 28.1 Å². The van der Waals surface area contributed by atoms with Crippen LogP contribution in [-0.4, -0.2) is 26.4 Å². The summed E-state index contributed by atoms with van der Waals surface area (Å²) < 4.78 is 1.97. The molecule has 0 spiro atoms. The van der Waals surface area contributed by atoms with Crippen LogP contribution in [0.15, 0.2) is 78.0 Å². The molecule has 4 aromatic rings. The van der Waals surface area contributed by atoms with Crippen LogP contribution in [0, 0.1) is 0 Å². The Morgan fingerprint density at radius 3 is 2.57 bits per heavy atom. The Kier molecular flexibility index (Phi) is 6.14. The van der Waals surface area contributed by atoms with Gasteiger partial charge < -0.3 is 9.88 Å². The molecule has 0 aliphatic rings. The normalized spacial score (nSPS) is 12.1. The zero-order valence-electron chi connectivity index (χ0n) is 17.1. The Balaban J connectivity index is 1.39. The van der Waals surface area contributed by atoms with E-state index >= 15 is 0 Å². The Morgan fingerprint density at radius 1 is 1.00 bits per heavy atom. The summed E-state index contributed by atoms with van der Waals surface area (Å²) in [5, 5.41) is 14.9. The van der Waals surface area contributed by atoms with Crippen molar-refractivity contribution in [3.8, 4) is 0 Å². The van der Waals surface area contributed by atoms with Crippen LogP contribution in [0.2, 0.25) is 0 Å². The second-order valence-electron chi connectivity index (χ2n) is 7.26. The Hall–Kier alpha value is -3.12. The standard InChI is InChI=1S/C24H24N4OS/c1-17(18-9-4-3-5-10-18)25-23(29)16-30-24-27-26-22(28(24)2)15-20-13-8-12-19-11-6-7-14-21(19)20/h3-14,17H,15-16H2,1-2H3,(H,25,29)/t17-/m1/s1. The molecule has 3 aromatic carbocycles. The average Bonchev–Trinajstić information content (AvgIpc) is 3.12. The van der Waals surface area contributed by atoms with Gasteiger partial charge in [-0.05, 0) is 28.8 Å². The Labute approximate surface area is 180 Å². The van der Waals surface area contributed by atoms with E-state index in [0.29, 0.717) is 12.2 Å². The van der Waals surface area contributed by atoms with Gasteiger partial charge in [0.05, 0.1) is 11.8 Å². The molecule has 0 saturated heterocycles. The van der Waals surface area contributed by atoms with Gasteiger partial charge in [-0.15, -0.1) is 10.2 Å². The van der Waals surface area contributed by atoms with E-state index in [1.54, 1.807) is 0 Å². The summed E-state index contributed by atoms with van der Waals surface area (Å²) in [5.41, 5.74) is 2.31. The van der Waals surface area contributed by atoms with Crippen LogP contribution in [0.1, 0.15) is 29.9 Å². The van der Waals surface area contributed by atoms with Crippen LogP contribution < -0.4 is 5.32 Å². The number of benzene rings is 3. The third-order valence-corrected chi connectivity index (χ3v) is 6.18. The molecule has 4 rings (SSSR count). The van der Waals surface area contributed by atoms with Crippen molar-refractivity contribution in [3.05, 3.63) is 89.7 Å². The molecular formula is C24H24N4OS.